The predicted octanol–water partition coefficient (Wildman–Crippen LogP) is 3.69. The number of nitrogens with one attached hydrogen (secondary N) is 2. The van der Waals surface area contributed by atoms with E-state index in [0.29, 0.717) is 38.7 Å². The Morgan fingerprint density at radius 1 is 1.03 bits per heavy atom. The zero-order chi connectivity index (χ0) is 24.8. The standard InChI is InChI=1S/C27H32N2O6/c1-34-14-6-11-24(25(30)28-18-13-12-17(15-18)26(31)32)29-27(33)35-16-23-21-9-4-2-7-19(21)20-8-3-5-10-22(20)23/h2-5,7-10,17-18,23-24H,6,11-16H2,1H3,(H,28,30)(H,29,33)(H,31,32)/t17-,18+,24?/m0/s1. The van der Waals surface area contributed by atoms with Crippen LogP contribution in [0.3, 0.4) is 0 Å². The van der Waals surface area contributed by atoms with Gasteiger partial charge in [-0.25, -0.2) is 4.79 Å². The molecule has 2 aliphatic carbocycles. The molecular weight excluding hydrogens is 448 g/mol. The molecule has 2 amide bonds. The van der Waals surface area contributed by atoms with Crippen LogP contribution in [0.2, 0.25) is 0 Å². The number of carbonyl (C=O) groups excluding carboxylic acids is 2. The molecule has 0 spiro atoms. The number of alkyl carbamates (subject to hydrolysis) is 1. The lowest BCUT2D eigenvalue weighted by atomic mass is 9.98. The topological polar surface area (TPSA) is 114 Å². The number of aliphatic carboxylic acids is 1. The van der Waals surface area contributed by atoms with Crippen molar-refractivity contribution in [1.82, 2.24) is 10.6 Å². The first kappa shape index (κ1) is 24.7. The van der Waals surface area contributed by atoms with Crippen molar-refractivity contribution in [2.24, 2.45) is 5.92 Å². The second-order valence-electron chi connectivity index (χ2n) is 9.21. The number of carboxylic acid groups (broad SMARTS) is 1. The Labute approximate surface area is 205 Å². The maximum Gasteiger partial charge on any atom is 0.407 e. The highest BCUT2D eigenvalue weighted by Gasteiger charge is 2.33. The second-order valence-corrected chi connectivity index (χ2v) is 9.21. The normalized spacial score (nSPS) is 19.5. The fourth-order valence-corrected chi connectivity index (χ4v) is 5.12. The quantitative estimate of drug-likeness (QED) is 0.447. The van der Waals surface area contributed by atoms with Gasteiger partial charge in [0.25, 0.3) is 0 Å². The molecular formula is C27H32N2O6. The summed E-state index contributed by atoms with van der Waals surface area (Å²) < 4.78 is 10.7. The Morgan fingerprint density at radius 3 is 2.29 bits per heavy atom. The maximum absolute atomic E-state index is 12.9. The Hall–Kier alpha value is -3.39. The van der Waals surface area contributed by atoms with Gasteiger partial charge in [0, 0.05) is 25.7 Å². The zero-order valence-electron chi connectivity index (χ0n) is 19.9. The van der Waals surface area contributed by atoms with Gasteiger partial charge in [-0.1, -0.05) is 48.5 Å². The van der Waals surface area contributed by atoms with Crippen LogP contribution in [0, 0.1) is 5.92 Å². The number of hydrogen-bond donors (Lipinski definition) is 3. The van der Waals surface area contributed by atoms with Crippen molar-refractivity contribution in [3.05, 3.63) is 59.7 Å². The summed E-state index contributed by atoms with van der Waals surface area (Å²) in [5.74, 6) is -1.68. The summed E-state index contributed by atoms with van der Waals surface area (Å²) in [5.41, 5.74) is 4.52. The van der Waals surface area contributed by atoms with Gasteiger partial charge in [-0.15, -0.1) is 0 Å². The number of carbonyl (C=O) groups is 3. The summed E-state index contributed by atoms with van der Waals surface area (Å²) in [4.78, 5) is 36.9. The highest BCUT2D eigenvalue weighted by atomic mass is 16.5. The van der Waals surface area contributed by atoms with Crippen LogP contribution in [-0.4, -0.2) is 55.5 Å². The highest BCUT2D eigenvalue weighted by Crippen LogP contribution is 2.44. The van der Waals surface area contributed by atoms with E-state index in [2.05, 4.69) is 22.8 Å². The summed E-state index contributed by atoms with van der Waals surface area (Å²) in [6.45, 7) is 0.621. The molecule has 1 fully saturated rings. The molecule has 0 aromatic heterocycles. The van der Waals surface area contributed by atoms with Crippen LogP contribution in [-0.2, 0) is 19.1 Å². The zero-order valence-corrected chi connectivity index (χ0v) is 19.9. The summed E-state index contributed by atoms with van der Waals surface area (Å²) in [5, 5.41) is 14.8. The highest BCUT2D eigenvalue weighted by molar-refractivity contribution is 5.86. The molecule has 1 unspecified atom stereocenters. The van der Waals surface area contributed by atoms with E-state index in [-0.39, 0.29) is 24.5 Å². The Bertz CT molecular complexity index is 1030. The van der Waals surface area contributed by atoms with Crippen LogP contribution < -0.4 is 10.6 Å². The number of methoxy groups -OCH3 is 1. The SMILES string of the molecule is COCCCC(NC(=O)OCC1c2ccccc2-c2ccccc21)C(=O)N[C@@H]1CC[C@H](C(=O)O)C1. The van der Waals surface area contributed by atoms with Gasteiger partial charge in [0.2, 0.25) is 5.91 Å². The molecule has 1 saturated carbocycles. The maximum atomic E-state index is 12.9. The molecule has 0 heterocycles. The Kier molecular flexibility index (Phi) is 8.02. The third-order valence-electron chi connectivity index (χ3n) is 6.92. The Balaban J connectivity index is 1.36. The number of carboxylic acids is 1. The minimum absolute atomic E-state index is 0.0691. The number of benzene rings is 2. The van der Waals surface area contributed by atoms with E-state index in [0.717, 1.165) is 22.3 Å². The first-order valence-electron chi connectivity index (χ1n) is 12.1. The lowest BCUT2D eigenvalue weighted by Crippen LogP contribution is -2.49. The lowest BCUT2D eigenvalue weighted by molar-refractivity contribution is -0.141. The van der Waals surface area contributed by atoms with Crippen LogP contribution in [0.15, 0.2) is 48.5 Å². The first-order chi connectivity index (χ1) is 17.0. The molecule has 2 aliphatic rings. The number of hydrogen-bond acceptors (Lipinski definition) is 5. The monoisotopic (exact) mass is 480 g/mol. The van der Waals surface area contributed by atoms with Gasteiger partial charge in [0.1, 0.15) is 12.6 Å². The molecule has 4 rings (SSSR count). The molecule has 35 heavy (non-hydrogen) atoms. The second kappa shape index (κ2) is 11.4. The van der Waals surface area contributed by atoms with Crippen molar-refractivity contribution in [3.8, 4) is 11.1 Å². The van der Waals surface area contributed by atoms with Crippen molar-refractivity contribution < 1.29 is 29.0 Å². The van der Waals surface area contributed by atoms with Crippen LogP contribution in [0.5, 0.6) is 0 Å². The largest absolute Gasteiger partial charge is 0.481 e. The number of ether oxygens (including phenoxy) is 2. The predicted molar refractivity (Wildman–Crippen MR) is 130 cm³/mol. The molecule has 0 aliphatic heterocycles. The van der Waals surface area contributed by atoms with E-state index in [9.17, 15) is 19.5 Å². The van der Waals surface area contributed by atoms with E-state index in [1.165, 1.54) is 0 Å². The molecule has 186 valence electrons. The number of amides is 2. The van der Waals surface area contributed by atoms with Gasteiger partial charge in [0.15, 0.2) is 0 Å². The van der Waals surface area contributed by atoms with Crippen molar-refractivity contribution >= 4 is 18.0 Å². The molecule has 8 nitrogen and oxygen atoms in total. The van der Waals surface area contributed by atoms with Crippen molar-refractivity contribution in [2.45, 2.75) is 50.1 Å². The lowest BCUT2D eigenvalue weighted by Gasteiger charge is -2.22. The fourth-order valence-electron chi connectivity index (χ4n) is 5.12. The van der Waals surface area contributed by atoms with Gasteiger partial charge >= 0.3 is 12.1 Å². The van der Waals surface area contributed by atoms with E-state index >= 15 is 0 Å². The third-order valence-corrected chi connectivity index (χ3v) is 6.92. The van der Waals surface area contributed by atoms with Gasteiger partial charge in [-0.2, -0.15) is 0 Å². The summed E-state index contributed by atoms with van der Waals surface area (Å²) in [6.07, 6.45) is 1.86. The van der Waals surface area contributed by atoms with Crippen LogP contribution in [0.25, 0.3) is 11.1 Å². The average Bonchev–Trinajstić information content (AvgIpc) is 3.45. The van der Waals surface area contributed by atoms with Crippen molar-refractivity contribution in [2.75, 3.05) is 20.3 Å². The molecule has 8 heteroatoms. The van der Waals surface area contributed by atoms with Crippen LogP contribution >= 0.6 is 0 Å². The average molecular weight is 481 g/mol. The van der Waals surface area contributed by atoms with E-state index < -0.39 is 24.0 Å². The molecule has 0 bridgehead atoms. The van der Waals surface area contributed by atoms with Gasteiger partial charge in [0.05, 0.1) is 5.92 Å². The van der Waals surface area contributed by atoms with E-state index in [1.54, 1.807) is 7.11 Å². The minimum Gasteiger partial charge on any atom is -0.481 e. The van der Waals surface area contributed by atoms with Crippen LogP contribution in [0.1, 0.15) is 49.1 Å². The number of fused-ring (bicyclic) bond motifs is 3. The summed E-state index contributed by atoms with van der Waals surface area (Å²) in [7, 11) is 1.58. The third kappa shape index (κ3) is 5.82. The van der Waals surface area contributed by atoms with Crippen LogP contribution in [0.4, 0.5) is 4.79 Å². The molecule has 2 aromatic carbocycles. The molecule has 3 N–H and O–H groups in total. The minimum atomic E-state index is -0.838. The molecule has 0 saturated heterocycles. The van der Waals surface area contributed by atoms with Gasteiger partial charge in [-0.05, 0) is 54.4 Å². The molecule has 2 aromatic rings. The summed E-state index contributed by atoms with van der Waals surface area (Å²) >= 11 is 0. The number of rotatable bonds is 10. The summed E-state index contributed by atoms with van der Waals surface area (Å²) in [6, 6.07) is 15.2. The van der Waals surface area contributed by atoms with E-state index in [4.69, 9.17) is 9.47 Å². The van der Waals surface area contributed by atoms with Gasteiger partial charge in [-0.3, -0.25) is 9.59 Å². The fraction of sp³-hybridized carbons (Fsp3) is 0.444. The van der Waals surface area contributed by atoms with E-state index in [1.807, 2.05) is 36.4 Å². The smallest absolute Gasteiger partial charge is 0.407 e. The van der Waals surface area contributed by atoms with Gasteiger partial charge < -0.3 is 25.2 Å². The molecule has 0 radical (unpaired) electrons. The Morgan fingerprint density at radius 2 is 1.69 bits per heavy atom. The molecule has 3 atom stereocenters. The van der Waals surface area contributed by atoms with Crippen molar-refractivity contribution in [1.29, 1.82) is 0 Å². The first-order valence-corrected chi connectivity index (χ1v) is 12.1. The van der Waals surface area contributed by atoms with Crippen molar-refractivity contribution in [3.63, 3.8) is 0 Å².